The number of anilines is 2. The van der Waals surface area contributed by atoms with Crippen molar-refractivity contribution in [1.29, 1.82) is 0 Å². The van der Waals surface area contributed by atoms with Gasteiger partial charge in [0.05, 0.1) is 16.8 Å². The van der Waals surface area contributed by atoms with Gasteiger partial charge in [0.1, 0.15) is 0 Å². The van der Waals surface area contributed by atoms with E-state index in [1.165, 1.54) is 6.26 Å². The van der Waals surface area contributed by atoms with Crippen molar-refractivity contribution >= 4 is 50.7 Å². The van der Waals surface area contributed by atoms with Crippen LogP contribution in [0.5, 0.6) is 0 Å². The van der Waals surface area contributed by atoms with Gasteiger partial charge in [0.2, 0.25) is 0 Å². The fourth-order valence-corrected chi connectivity index (χ4v) is 3.85. The second-order valence-electron chi connectivity index (χ2n) is 6.46. The molecule has 1 aromatic heterocycles. The van der Waals surface area contributed by atoms with Crippen molar-refractivity contribution in [2.75, 3.05) is 16.8 Å². The van der Waals surface area contributed by atoms with Crippen molar-refractivity contribution in [1.82, 2.24) is 0 Å². The first kappa shape index (κ1) is 18.8. The number of hydrogen-bond acceptors (Lipinski definition) is 3. The van der Waals surface area contributed by atoms with Gasteiger partial charge < -0.3 is 14.6 Å². The standard InChI is InChI=1S/C21H16BrClN2O3/c22-14-5-7-17(23)16(12-14)20(26)24-15-6-8-18-13(11-15)3-1-9-25(18)21(27)19-4-2-10-28-19/h2,4-8,10-12H,1,3,9H2,(H,24,26). The van der Waals surface area contributed by atoms with Crippen molar-refractivity contribution in [3.8, 4) is 0 Å². The summed E-state index contributed by atoms with van der Waals surface area (Å²) in [4.78, 5) is 27.0. The number of rotatable bonds is 3. The summed E-state index contributed by atoms with van der Waals surface area (Å²) in [6.07, 6.45) is 3.16. The van der Waals surface area contributed by atoms with Gasteiger partial charge in [-0.1, -0.05) is 27.5 Å². The van der Waals surface area contributed by atoms with Crippen LogP contribution in [0.3, 0.4) is 0 Å². The molecule has 2 amide bonds. The number of fused-ring (bicyclic) bond motifs is 1. The molecular formula is C21H16BrClN2O3. The van der Waals surface area contributed by atoms with Crippen LogP contribution in [-0.4, -0.2) is 18.4 Å². The Hall–Kier alpha value is -2.57. The molecule has 5 nitrogen and oxygen atoms in total. The lowest BCUT2D eigenvalue weighted by Gasteiger charge is -2.29. The maximum atomic E-state index is 12.7. The zero-order valence-corrected chi connectivity index (χ0v) is 17.1. The number of aryl methyl sites for hydroxylation is 1. The molecule has 0 aliphatic carbocycles. The van der Waals surface area contributed by atoms with E-state index in [2.05, 4.69) is 21.2 Å². The van der Waals surface area contributed by atoms with Crippen molar-refractivity contribution < 1.29 is 14.0 Å². The topological polar surface area (TPSA) is 62.6 Å². The third kappa shape index (κ3) is 3.70. The lowest BCUT2D eigenvalue weighted by Crippen LogP contribution is -2.35. The van der Waals surface area contributed by atoms with Gasteiger partial charge in [-0.3, -0.25) is 9.59 Å². The van der Waals surface area contributed by atoms with Gasteiger partial charge in [-0.2, -0.15) is 0 Å². The summed E-state index contributed by atoms with van der Waals surface area (Å²) in [5.74, 6) is -0.135. The van der Waals surface area contributed by atoms with E-state index in [1.807, 2.05) is 12.1 Å². The minimum atomic E-state index is -0.287. The molecule has 1 N–H and O–H groups in total. The van der Waals surface area contributed by atoms with Crippen molar-refractivity contribution in [3.05, 3.63) is 81.2 Å². The molecule has 0 radical (unpaired) electrons. The highest BCUT2D eigenvalue weighted by Gasteiger charge is 2.25. The van der Waals surface area contributed by atoms with Crippen LogP contribution in [0, 0.1) is 0 Å². The lowest BCUT2D eigenvalue weighted by molar-refractivity contribution is 0.0957. The van der Waals surface area contributed by atoms with Gasteiger partial charge in [-0.25, -0.2) is 0 Å². The number of hydrogen-bond donors (Lipinski definition) is 1. The van der Waals surface area contributed by atoms with Crippen LogP contribution in [0.1, 0.15) is 32.9 Å². The molecule has 142 valence electrons. The van der Waals surface area contributed by atoms with E-state index in [-0.39, 0.29) is 11.8 Å². The summed E-state index contributed by atoms with van der Waals surface area (Å²) in [6, 6.07) is 14.0. The van der Waals surface area contributed by atoms with Crippen LogP contribution in [-0.2, 0) is 6.42 Å². The minimum absolute atomic E-state index is 0.163. The van der Waals surface area contributed by atoms with E-state index in [0.29, 0.717) is 28.6 Å². The molecule has 0 saturated heterocycles. The molecule has 0 fully saturated rings. The smallest absolute Gasteiger partial charge is 0.293 e. The van der Waals surface area contributed by atoms with Crippen LogP contribution in [0.4, 0.5) is 11.4 Å². The minimum Gasteiger partial charge on any atom is -0.459 e. The van der Waals surface area contributed by atoms with Crippen molar-refractivity contribution in [3.63, 3.8) is 0 Å². The Kier molecular flexibility index (Phi) is 5.24. The molecule has 7 heteroatoms. The van der Waals surface area contributed by atoms with Crippen LogP contribution < -0.4 is 10.2 Å². The number of carbonyl (C=O) groups excluding carboxylic acids is 2. The maximum Gasteiger partial charge on any atom is 0.293 e. The molecule has 0 atom stereocenters. The van der Waals surface area contributed by atoms with Gasteiger partial charge in [-0.15, -0.1) is 0 Å². The summed E-state index contributed by atoms with van der Waals surface area (Å²) in [5, 5.41) is 3.27. The summed E-state index contributed by atoms with van der Waals surface area (Å²) in [5.41, 5.74) is 2.89. The molecule has 0 bridgehead atoms. The molecule has 28 heavy (non-hydrogen) atoms. The molecule has 4 rings (SSSR count). The average molecular weight is 460 g/mol. The number of halogens is 2. The summed E-state index contributed by atoms with van der Waals surface area (Å²) >= 11 is 9.49. The fraction of sp³-hybridized carbons (Fsp3) is 0.143. The predicted molar refractivity (Wildman–Crippen MR) is 112 cm³/mol. The summed E-state index contributed by atoms with van der Waals surface area (Å²) in [7, 11) is 0. The van der Waals surface area contributed by atoms with Crippen molar-refractivity contribution in [2.24, 2.45) is 0 Å². The van der Waals surface area contributed by atoms with E-state index in [9.17, 15) is 9.59 Å². The Balaban J connectivity index is 1.58. The Morgan fingerprint density at radius 2 is 2.00 bits per heavy atom. The number of nitrogens with one attached hydrogen (secondary N) is 1. The molecule has 2 aromatic carbocycles. The van der Waals surface area contributed by atoms with E-state index in [4.69, 9.17) is 16.0 Å². The second kappa shape index (κ2) is 7.81. The summed E-state index contributed by atoms with van der Waals surface area (Å²) in [6.45, 7) is 0.631. The maximum absolute atomic E-state index is 12.7. The Morgan fingerprint density at radius 1 is 1.14 bits per heavy atom. The molecule has 1 aliphatic heterocycles. The molecule has 1 aliphatic rings. The third-order valence-corrected chi connectivity index (χ3v) is 5.43. The summed E-state index contributed by atoms with van der Waals surface area (Å²) < 4.78 is 6.02. The number of furan rings is 1. The normalized spacial score (nSPS) is 13.1. The van der Waals surface area contributed by atoms with Gasteiger partial charge >= 0.3 is 0 Å². The SMILES string of the molecule is O=C(Nc1ccc2c(c1)CCCN2C(=O)c1ccco1)c1cc(Br)ccc1Cl. The Morgan fingerprint density at radius 3 is 2.79 bits per heavy atom. The largest absolute Gasteiger partial charge is 0.459 e. The van der Waals surface area contributed by atoms with Gasteiger partial charge in [0.25, 0.3) is 11.8 Å². The average Bonchev–Trinajstić information content (AvgIpc) is 3.23. The molecule has 0 saturated carbocycles. The van der Waals surface area contributed by atoms with Gasteiger partial charge in [-0.05, 0) is 66.9 Å². The molecule has 0 unspecified atom stereocenters. The molecule has 0 spiro atoms. The van der Waals surface area contributed by atoms with Crippen LogP contribution in [0.25, 0.3) is 0 Å². The second-order valence-corrected chi connectivity index (χ2v) is 7.78. The van der Waals surface area contributed by atoms with Crippen LogP contribution in [0.2, 0.25) is 5.02 Å². The number of carbonyl (C=O) groups is 2. The highest BCUT2D eigenvalue weighted by atomic mass is 79.9. The Bertz CT molecular complexity index is 1050. The fourth-order valence-electron chi connectivity index (χ4n) is 3.29. The highest BCUT2D eigenvalue weighted by Crippen LogP contribution is 2.31. The quantitative estimate of drug-likeness (QED) is 0.559. The monoisotopic (exact) mass is 458 g/mol. The zero-order chi connectivity index (χ0) is 19.7. The lowest BCUT2D eigenvalue weighted by atomic mass is 10.0. The highest BCUT2D eigenvalue weighted by molar-refractivity contribution is 9.10. The van der Waals surface area contributed by atoms with Crippen LogP contribution >= 0.6 is 27.5 Å². The van der Waals surface area contributed by atoms with Gasteiger partial charge in [0.15, 0.2) is 5.76 Å². The zero-order valence-electron chi connectivity index (χ0n) is 14.7. The number of nitrogens with zero attached hydrogens (tertiary/aromatic N) is 1. The van der Waals surface area contributed by atoms with Gasteiger partial charge in [0, 0.05) is 22.4 Å². The number of amides is 2. The number of benzene rings is 2. The van der Waals surface area contributed by atoms with E-state index < -0.39 is 0 Å². The predicted octanol–water partition coefficient (Wildman–Crippen LogP) is 5.54. The first-order valence-corrected chi connectivity index (χ1v) is 9.95. The van der Waals surface area contributed by atoms with Crippen molar-refractivity contribution in [2.45, 2.75) is 12.8 Å². The Labute approximate surface area is 175 Å². The molecule has 3 aromatic rings. The molecular weight excluding hydrogens is 444 g/mol. The van der Waals surface area contributed by atoms with E-state index in [0.717, 1.165) is 28.6 Å². The van der Waals surface area contributed by atoms with E-state index >= 15 is 0 Å². The first-order valence-electron chi connectivity index (χ1n) is 8.77. The first-order chi connectivity index (χ1) is 13.5. The van der Waals surface area contributed by atoms with Crippen LogP contribution in [0.15, 0.2) is 63.7 Å². The van der Waals surface area contributed by atoms with E-state index in [1.54, 1.807) is 41.3 Å². The molecule has 2 heterocycles. The third-order valence-electron chi connectivity index (χ3n) is 4.61.